The van der Waals surface area contributed by atoms with Crippen LogP contribution in [-0.2, 0) is 19.6 Å². The lowest BCUT2D eigenvalue weighted by Gasteiger charge is -2.18. The first-order valence-electron chi connectivity index (χ1n) is 8.08. The molecule has 0 aromatic heterocycles. The summed E-state index contributed by atoms with van der Waals surface area (Å²) in [5.74, 6) is -2.60. The van der Waals surface area contributed by atoms with Crippen molar-refractivity contribution in [3.8, 4) is 0 Å². The molecule has 10 heteroatoms. The van der Waals surface area contributed by atoms with Gasteiger partial charge in [0.25, 0.3) is 21.8 Å². The SMILES string of the molecule is C[C@@H](NC(=O)c1ccc2c(c1)S(=O)(=O)N(CC1CCCO1)C2=O)C(=O)O. The lowest BCUT2D eigenvalue weighted by molar-refractivity contribution is -0.138. The van der Waals surface area contributed by atoms with Gasteiger partial charge in [-0.05, 0) is 38.0 Å². The first kappa shape index (κ1) is 18.3. The van der Waals surface area contributed by atoms with E-state index in [1.165, 1.54) is 19.1 Å². The number of ether oxygens (including phenoxy) is 1. The van der Waals surface area contributed by atoms with Crippen LogP contribution in [0.2, 0.25) is 0 Å². The van der Waals surface area contributed by atoms with Crippen LogP contribution in [0.15, 0.2) is 23.1 Å². The van der Waals surface area contributed by atoms with E-state index >= 15 is 0 Å². The van der Waals surface area contributed by atoms with Crippen LogP contribution < -0.4 is 5.32 Å². The Labute approximate surface area is 150 Å². The summed E-state index contributed by atoms with van der Waals surface area (Å²) in [5, 5.41) is 11.1. The first-order valence-corrected chi connectivity index (χ1v) is 9.52. The number of rotatable bonds is 5. The molecule has 9 nitrogen and oxygen atoms in total. The second-order valence-corrected chi connectivity index (χ2v) is 8.05. The average molecular weight is 382 g/mol. The Hall–Kier alpha value is -2.46. The van der Waals surface area contributed by atoms with Gasteiger partial charge in [-0.1, -0.05) is 0 Å². The Morgan fingerprint density at radius 2 is 2.15 bits per heavy atom. The van der Waals surface area contributed by atoms with Crippen molar-refractivity contribution in [2.45, 2.75) is 36.8 Å². The molecule has 2 atom stereocenters. The molecule has 0 bridgehead atoms. The number of fused-ring (bicyclic) bond motifs is 1. The van der Waals surface area contributed by atoms with E-state index in [4.69, 9.17) is 9.84 Å². The molecule has 2 aliphatic heterocycles. The number of nitrogens with zero attached hydrogens (tertiary/aromatic N) is 1. The zero-order chi connectivity index (χ0) is 19.1. The number of hydrogen-bond acceptors (Lipinski definition) is 6. The number of carboxylic acids is 1. The van der Waals surface area contributed by atoms with Crippen molar-refractivity contribution in [3.63, 3.8) is 0 Å². The summed E-state index contributed by atoms with van der Waals surface area (Å²) in [6.07, 6.45) is 1.16. The monoisotopic (exact) mass is 382 g/mol. The van der Waals surface area contributed by atoms with Crippen molar-refractivity contribution >= 4 is 27.8 Å². The Bertz CT molecular complexity index is 875. The van der Waals surface area contributed by atoms with Gasteiger partial charge in [-0.2, -0.15) is 0 Å². The van der Waals surface area contributed by atoms with E-state index < -0.39 is 33.8 Å². The summed E-state index contributed by atoms with van der Waals surface area (Å²) in [7, 11) is -4.08. The summed E-state index contributed by atoms with van der Waals surface area (Å²) in [6, 6.07) is 2.53. The number of amides is 2. The molecule has 26 heavy (non-hydrogen) atoms. The number of sulfonamides is 1. The molecule has 2 heterocycles. The fraction of sp³-hybridized carbons (Fsp3) is 0.438. The topological polar surface area (TPSA) is 130 Å². The molecule has 0 aliphatic carbocycles. The second-order valence-electron chi connectivity index (χ2n) is 6.22. The summed E-state index contributed by atoms with van der Waals surface area (Å²) < 4.78 is 31.6. The summed E-state index contributed by atoms with van der Waals surface area (Å²) >= 11 is 0. The lowest BCUT2D eigenvalue weighted by Crippen LogP contribution is -2.38. The van der Waals surface area contributed by atoms with Crippen LogP contribution in [-0.4, -0.2) is 60.9 Å². The molecular weight excluding hydrogens is 364 g/mol. The predicted molar refractivity (Wildman–Crippen MR) is 88.2 cm³/mol. The highest BCUT2D eigenvalue weighted by molar-refractivity contribution is 7.90. The third-order valence-electron chi connectivity index (χ3n) is 4.38. The van der Waals surface area contributed by atoms with Gasteiger partial charge in [-0.15, -0.1) is 0 Å². The minimum absolute atomic E-state index is 0.00849. The second kappa shape index (κ2) is 6.69. The smallest absolute Gasteiger partial charge is 0.325 e. The molecule has 0 spiro atoms. The Balaban J connectivity index is 1.87. The van der Waals surface area contributed by atoms with E-state index in [2.05, 4.69) is 5.32 Å². The predicted octanol–water partition coefficient (Wildman–Crippen LogP) is 0.213. The van der Waals surface area contributed by atoms with Crippen molar-refractivity contribution in [2.24, 2.45) is 0 Å². The standard InChI is InChI=1S/C16H18N2O7S/c1-9(16(21)22)17-14(19)10-4-5-12-13(7-10)26(23,24)18(15(12)20)8-11-3-2-6-25-11/h4-5,7,9,11H,2-3,6,8H2,1H3,(H,17,19)(H,21,22)/t9-,11?/m1/s1. The van der Waals surface area contributed by atoms with Gasteiger partial charge in [0, 0.05) is 12.2 Å². The fourth-order valence-electron chi connectivity index (χ4n) is 2.91. The van der Waals surface area contributed by atoms with Gasteiger partial charge in [0.15, 0.2) is 0 Å². The van der Waals surface area contributed by atoms with Crippen molar-refractivity contribution in [1.82, 2.24) is 9.62 Å². The van der Waals surface area contributed by atoms with Crippen LogP contribution in [0.4, 0.5) is 0 Å². The highest BCUT2D eigenvalue weighted by atomic mass is 32.2. The van der Waals surface area contributed by atoms with Crippen molar-refractivity contribution in [3.05, 3.63) is 29.3 Å². The van der Waals surface area contributed by atoms with Gasteiger partial charge in [0.1, 0.15) is 10.9 Å². The van der Waals surface area contributed by atoms with Crippen LogP contribution in [0.25, 0.3) is 0 Å². The molecule has 1 unspecified atom stereocenters. The number of benzene rings is 1. The lowest BCUT2D eigenvalue weighted by atomic mass is 10.1. The molecule has 2 amide bonds. The van der Waals surface area contributed by atoms with Gasteiger partial charge in [-0.25, -0.2) is 12.7 Å². The van der Waals surface area contributed by atoms with Gasteiger partial charge < -0.3 is 15.2 Å². The average Bonchev–Trinajstić information content (AvgIpc) is 3.16. The number of carbonyl (C=O) groups excluding carboxylic acids is 2. The van der Waals surface area contributed by atoms with Gasteiger partial charge in [-0.3, -0.25) is 14.4 Å². The Morgan fingerprint density at radius 3 is 2.77 bits per heavy atom. The molecule has 1 aromatic rings. The van der Waals surface area contributed by atoms with E-state index in [1.54, 1.807) is 0 Å². The molecule has 1 aromatic carbocycles. The molecular formula is C16H18N2O7S. The zero-order valence-electron chi connectivity index (χ0n) is 14.0. The van der Waals surface area contributed by atoms with Gasteiger partial charge in [0.2, 0.25) is 0 Å². The number of hydrogen-bond donors (Lipinski definition) is 2. The molecule has 1 fully saturated rings. The molecule has 2 aliphatic rings. The quantitative estimate of drug-likeness (QED) is 0.744. The number of nitrogens with one attached hydrogen (secondary N) is 1. The van der Waals surface area contributed by atoms with E-state index in [0.717, 1.165) is 16.8 Å². The first-order chi connectivity index (χ1) is 12.2. The van der Waals surface area contributed by atoms with Crippen LogP contribution in [0.1, 0.15) is 40.5 Å². The fourth-order valence-corrected chi connectivity index (χ4v) is 4.54. The van der Waals surface area contributed by atoms with E-state index in [1.807, 2.05) is 0 Å². The third-order valence-corrected chi connectivity index (χ3v) is 6.17. The minimum atomic E-state index is -4.08. The third kappa shape index (κ3) is 3.17. The van der Waals surface area contributed by atoms with Gasteiger partial charge >= 0.3 is 5.97 Å². The van der Waals surface area contributed by atoms with Crippen LogP contribution in [0.3, 0.4) is 0 Å². The van der Waals surface area contributed by atoms with E-state index in [9.17, 15) is 22.8 Å². The maximum atomic E-state index is 12.7. The van der Waals surface area contributed by atoms with Crippen molar-refractivity contribution in [2.75, 3.05) is 13.2 Å². The van der Waals surface area contributed by atoms with E-state index in [-0.39, 0.29) is 28.7 Å². The van der Waals surface area contributed by atoms with E-state index in [0.29, 0.717) is 13.0 Å². The van der Waals surface area contributed by atoms with Crippen LogP contribution >= 0.6 is 0 Å². The highest BCUT2D eigenvalue weighted by Crippen LogP contribution is 2.32. The normalized spacial score (nSPS) is 22.1. The largest absolute Gasteiger partial charge is 0.480 e. The summed E-state index contributed by atoms with van der Waals surface area (Å²) in [4.78, 5) is 35.2. The Morgan fingerprint density at radius 1 is 1.42 bits per heavy atom. The molecule has 1 saturated heterocycles. The zero-order valence-corrected chi connectivity index (χ0v) is 14.8. The number of aliphatic carboxylic acids is 1. The summed E-state index contributed by atoms with van der Waals surface area (Å²) in [6.45, 7) is 1.76. The molecule has 3 rings (SSSR count). The van der Waals surface area contributed by atoms with Crippen LogP contribution in [0, 0.1) is 0 Å². The molecule has 2 N–H and O–H groups in total. The number of carboxylic acid groups (broad SMARTS) is 1. The van der Waals surface area contributed by atoms with Crippen LogP contribution in [0.5, 0.6) is 0 Å². The molecule has 0 saturated carbocycles. The highest BCUT2D eigenvalue weighted by Gasteiger charge is 2.43. The molecule has 140 valence electrons. The van der Waals surface area contributed by atoms with Crippen molar-refractivity contribution < 1.29 is 32.6 Å². The maximum absolute atomic E-state index is 12.7. The van der Waals surface area contributed by atoms with Crippen molar-refractivity contribution in [1.29, 1.82) is 0 Å². The number of carbonyl (C=O) groups is 3. The molecule has 0 radical (unpaired) electrons. The summed E-state index contributed by atoms with van der Waals surface area (Å²) in [5.41, 5.74) is -0.0435. The van der Waals surface area contributed by atoms with Gasteiger partial charge in [0.05, 0.1) is 18.2 Å². The maximum Gasteiger partial charge on any atom is 0.325 e. The minimum Gasteiger partial charge on any atom is -0.480 e. The Kier molecular flexibility index (Phi) is 4.72.